The van der Waals surface area contributed by atoms with Crippen LogP contribution in [0.15, 0.2) is 70.6 Å². The molecule has 0 unspecified atom stereocenters. The van der Waals surface area contributed by atoms with E-state index in [-0.39, 0.29) is 36.4 Å². The Balaban J connectivity index is 1.72. The third-order valence-electron chi connectivity index (χ3n) is 6.33. The van der Waals surface area contributed by atoms with E-state index >= 15 is 0 Å². The van der Waals surface area contributed by atoms with Crippen molar-refractivity contribution in [2.45, 2.75) is 24.4 Å². The summed E-state index contributed by atoms with van der Waals surface area (Å²) in [5, 5.41) is 7.87. The lowest BCUT2D eigenvalue weighted by atomic mass is 10.0. The maximum atomic E-state index is 13.9. The summed E-state index contributed by atoms with van der Waals surface area (Å²) >= 11 is 1.36. The number of anilines is 2. The van der Waals surface area contributed by atoms with Crippen LogP contribution in [-0.4, -0.2) is 69.2 Å². The molecule has 1 aliphatic heterocycles. The fourth-order valence-corrected chi connectivity index (χ4v) is 5.21. The van der Waals surface area contributed by atoms with E-state index in [4.69, 9.17) is 9.47 Å². The molecule has 3 aromatic rings. The molecule has 1 aliphatic rings. The quantitative estimate of drug-likeness (QED) is 0.372. The molecule has 204 valence electrons. The monoisotopic (exact) mass is 548 g/mol. The molecule has 0 bridgehead atoms. The first-order valence-electron chi connectivity index (χ1n) is 12.6. The Morgan fingerprint density at radius 2 is 1.85 bits per heavy atom. The molecule has 1 atom stereocenters. The number of methoxy groups -OCH3 is 1. The molecule has 2 N–H and O–H groups in total. The molecule has 0 aromatic heterocycles. The van der Waals surface area contributed by atoms with E-state index in [0.29, 0.717) is 24.6 Å². The highest BCUT2D eigenvalue weighted by atomic mass is 32.2. The molecular formula is C29H32N4O5S. The predicted octanol–water partition coefficient (Wildman–Crippen LogP) is 3.66. The normalized spacial score (nSPS) is 15.2. The van der Waals surface area contributed by atoms with Gasteiger partial charge in [-0.2, -0.15) is 0 Å². The average Bonchev–Trinajstić information content (AvgIpc) is 3.08. The molecule has 0 saturated heterocycles. The van der Waals surface area contributed by atoms with Gasteiger partial charge in [-0.05, 0) is 42.4 Å². The number of fused-ring (bicyclic) bond motifs is 2. The van der Waals surface area contributed by atoms with Gasteiger partial charge in [-0.25, -0.2) is 4.99 Å². The molecule has 0 aliphatic carbocycles. The van der Waals surface area contributed by atoms with E-state index in [0.717, 1.165) is 21.2 Å². The van der Waals surface area contributed by atoms with Crippen LogP contribution in [0, 0.1) is 0 Å². The van der Waals surface area contributed by atoms with E-state index in [9.17, 15) is 14.4 Å². The van der Waals surface area contributed by atoms with Crippen molar-refractivity contribution in [1.29, 1.82) is 0 Å². The molecule has 3 aromatic carbocycles. The van der Waals surface area contributed by atoms with Crippen LogP contribution < -0.4 is 15.5 Å². The molecule has 39 heavy (non-hydrogen) atoms. The van der Waals surface area contributed by atoms with Gasteiger partial charge in [0, 0.05) is 12.9 Å². The van der Waals surface area contributed by atoms with Crippen LogP contribution >= 0.6 is 11.8 Å². The summed E-state index contributed by atoms with van der Waals surface area (Å²) in [4.78, 5) is 45.8. The fourth-order valence-electron chi connectivity index (χ4n) is 4.14. The van der Waals surface area contributed by atoms with E-state index in [1.165, 1.54) is 11.8 Å². The first-order chi connectivity index (χ1) is 18.9. The van der Waals surface area contributed by atoms with Crippen molar-refractivity contribution in [2.75, 3.05) is 49.9 Å². The molecule has 9 nitrogen and oxygen atoms in total. The summed E-state index contributed by atoms with van der Waals surface area (Å²) in [5.74, 6) is -0.906. The van der Waals surface area contributed by atoms with Crippen LogP contribution in [0.3, 0.4) is 0 Å². The number of rotatable bonds is 10. The smallest absolute Gasteiger partial charge is 0.274 e. The number of carbonyl (C=O) groups excluding carboxylic acids is 3. The van der Waals surface area contributed by atoms with Crippen molar-refractivity contribution in [3.63, 3.8) is 0 Å². The maximum absolute atomic E-state index is 13.9. The van der Waals surface area contributed by atoms with Gasteiger partial charge in [0.2, 0.25) is 5.91 Å². The zero-order chi connectivity index (χ0) is 27.8. The van der Waals surface area contributed by atoms with Crippen molar-refractivity contribution in [2.24, 2.45) is 4.99 Å². The third-order valence-corrected chi connectivity index (χ3v) is 7.46. The van der Waals surface area contributed by atoms with Crippen LogP contribution in [0.4, 0.5) is 11.4 Å². The van der Waals surface area contributed by atoms with Gasteiger partial charge in [-0.15, -0.1) is 11.8 Å². The molecule has 0 saturated carbocycles. The minimum atomic E-state index is -0.527. The maximum Gasteiger partial charge on any atom is 0.274 e. The molecule has 0 fully saturated rings. The second-order valence-electron chi connectivity index (χ2n) is 8.97. The molecular weight excluding hydrogens is 516 g/mol. The second-order valence-corrected chi connectivity index (χ2v) is 9.96. The van der Waals surface area contributed by atoms with Crippen molar-refractivity contribution in [1.82, 2.24) is 5.32 Å². The minimum Gasteiger partial charge on any atom is -0.382 e. The topological polar surface area (TPSA) is 109 Å². The second kappa shape index (κ2) is 13.5. The van der Waals surface area contributed by atoms with Gasteiger partial charge in [-0.1, -0.05) is 48.5 Å². The highest BCUT2D eigenvalue weighted by molar-refractivity contribution is 8.00. The molecule has 10 heteroatoms. The van der Waals surface area contributed by atoms with E-state index < -0.39 is 11.9 Å². The number of hydrogen-bond acceptors (Lipinski definition) is 7. The zero-order valence-corrected chi connectivity index (χ0v) is 23.0. The standard InChI is InChI=1S/C29H32N4O5S/c1-19(30-2)28(35)32-24-18-39-27-23(31-26(34)17-38-15-14-37-3)12-7-13-25(27)33(29(24)36)16-21-10-6-9-20-8-4-5-11-22(20)21/h4-13,19,30H,14-18H2,1-3H3,(H,31,34)/t19-/m0/s1. The van der Waals surface area contributed by atoms with Gasteiger partial charge in [0.25, 0.3) is 11.8 Å². The number of benzene rings is 3. The SMILES string of the molecule is CN[C@@H](C)C(=O)N=C1CSc2c(NC(=O)COCCOC)cccc2N(Cc2cccc3ccccc23)C1=O. The van der Waals surface area contributed by atoms with Crippen LogP contribution in [0.2, 0.25) is 0 Å². The summed E-state index contributed by atoms with van der Waals surface area (Å²) in [5.41, 5.74) is 2.30. The summed E-state index contributed by atoms with van der Waals surface area (Å²) < 4.78 is 10.3. The summed E-state index contributed by atoms with van der Waals surface area (Å²) in [7, 11) is 3.23. The Morgan fingerprint density at radius 1 is 1.08 bits per heavy atom. The highest BCUT2D eigenvalue weighted by Crippen LogP contribution is 2.40. The van der Waals surface area contributed by atoms with Gasteiger partial charge in [0.1, 0.15) is 12.3 Å². The largest absolute Gasteiger partial charge is 0.382 e. The predicted molar refractivity (Wildman–Crippen MR) is 155 cm³/mol. The van der Waals surface area contributed by atoms with Crippen molar-refractivity contribution in [3.05, 3.63) is 66.2 Å². The van der Waals surface area contributed by atoms with Gasteiger partial charge in [0.05, 0.1) is 42.1 Å². The Bertz CT molecular complexity index is 1390. The minimum absolute atomic E-state index is 0.126. The van der Waals surface area contributed by atoms with Gasteiger partial charge < -0.3 is 25.0 Å². The molecule has 1 heterocycles. The van der Waals surface area contributed by atoms with Gasteiger partial charge >= 0.3 is 0 Å². The molecule has 3 amide bonds. The van der Waals surface area contributed by atoms with Crippen molar-refractivity contribution >= 4 is 57.3 Å². The van der Waals surface area contributed by atoms with Crippen molar-refractivity contribution < 1.29 is 23.9 Å². The van der Waals surface area contributed by atoms with E-state index in [1.807, 2.05) is 48.5 Å². The summed E-state index contributed by atoms with van der Waals surface area (Å²) in [6.07, 6.45) is 0. The number of nitrogens with zero attached hydrogens (tertiary/aromatic N) is 2. The van der Waals surface area contributed by atoms with E-state index in [2.05, 4.69) is 15.6 Å². The number of aliphatic imine (C=N–C) groups is 1. The fraction of sp³-hybridized carbons (Fsp3) is 0.310. The Morgan fingerprint density at radius 3 is 2.64 bits per heavy atom. The number of thioether (sulfide) groups is 1. The first kappa shape index (κ1) is 28.4. The summed E-state index contributed by atoms with van der Waals surface area (Å²) in [6.45, 7) is 2.53. The number of carbonyl (C=O) groups is 3. The van der Waals surface area contributed by atoms with E-state index in [1.54, 1.807) is 38.1 Å². The number of amides is 3. The Labute approximate surface area is 231 Å². The van der Waals surface area contributed by atoms with Crippen LogP contribution in [0.5, 0.6) is 0 Å². The molecule has 4 rings (SSSR count). The molecule has 0 spiro atoms. The van der Waals surface area contributed by atoms with Gasteiger partial charge in [0.15, 0.2) is 0 Å². The lowest BCUT2D eigenvalue weighted by Crippen LogP contribution is -2.38. The van der Waals surface area contributed by atoms with Crippen LogP contribution in [-0.2, 0) is 30.4 Å². The highest BCUT2D eigenvalue weighted by Gasteiger charge is 2.31. The zero-order valence-electron chi connectivity index (χ0n) is 22.2. The van der Waals surface area contributed by atoms with Crippen LogP contribution in [0.1, 0.15) is 12.5 Å². The lowest BCUT2D eigenvalue weighted by molar-refractivity contribution is -0.121. The lowest BCUT2D eigenvalue weighted by Gasteiger charge is -2.25. The van der Waals surface area contributed by atoms with Crippen LogP contribution in [0.25, 0.3) is 10.8 Å². The first-order valence-corrected chi connectivity index (χ1v) is 13.6. The number of likely N-dealkylation sites (N-methyl/N-ethyl adjacent to an activating group) is 1. The number of nitrogens with one attached hydrogen (secondary N) is 2. The van der Waals surface area contributed by atoms with Gasteiger partial charge in [-0.3, -0.25) is 14.4 Å². The van der Waals surface area contributed by atoms with Crippen molar-refractivity contribution in [3.8, 4) is 0 Å². The summed E-state index contributed by atoms with van der Waals surface area (Å²) in [6, 6.07) is 18.9. The third kappa shape index (κ3) is 6.90. The molecule has 0 radical (unpaired) electrons. The number of ether oxygens (including phenoxy) is 2. The Hall–Kier alpha value is -3.57. The average molecular weight is 549 g/mol. The Kier molecular flexibility index (Phi) is 9.83. The number of hydrogen-bond donors (Lipinski definition) is 2.